The van der Waals surface area contributed by atoms with Gasteiger partial charge < -0.3 is 29.5 Å². The van der Waals surface area contributed by atoms with Crippen molar-refractivity contribution in [2.75, 3.05) is 45.9 Å². The second-order valence-electron chi connectivity index (χ2n) is 15.8. The molecule has 7 rings (SSSR count). The molecule has 3 aliphatic heterocycles. The number of halogens is 1. The number of ether oxygens (including phenoxy) is 3. The third kappa shape index (κ3) is 10.1. The highest BCUT2D eigenvalue weighted by molar-refractivity contribution is 6.32. The molecule has 4 aromatic rings. The van der Waals surface area contributed by atoms with E-state index >= 15 is 0 Å². The van der Waals surface area contributed by atoms with Gasteiger partial charge in [-0.25, -0.2) is 0 Å². The SMILES string of the molecule is Cc1c(COc2cc(OCc3cncc(C#N)c3)c(CN3CCCC[C@H]3C(=O)O)cc2Cl)cccc1-c1cccc(OCCCN2CCC3CNCCC3C2)c1C. The van der Waals surface area contributed by atoms with Crippen molar-refractivity contribution < 1.29 is 24.1 Å². The Bertz CT molecular complexity index is 2070. The number of fused-ring (bicyclic) bond motifs is 1. The van der Waals surface area contributed by atoms with Crippen LogP contribution in [-0.4, -0.2) is 77.8 Å². The zero-order valence-electron chi connectivity index (χ0n) is 33.1. The van der Waals surface area contributed by atoms with Crippen LogP contribution in [0, 0.1) is 37.0 Å². The first-order valence-corrected chi connectivity index (χ1v) is 20.8. The molecule has 1 aromatic heterocycles. The first-order valence-electron chi connectivity index (χ1n) is 20.4. The summed E-state index contributed by atoms with van der Waals surface area (Å²) in [6.07, 6.45) is 9.18. The molecule has 4 heterocycles. The molecule has 0 saturated carbocycles. The summed E-state index contributed by atoms with van der Waals surface area (Å²) in [5, 5.41) is 23.3. The molecule has 11 heteroatoms. The van der Waals surface area contributed by atoms with E-state index < -0.39 is 12.0 Å². The first kappa shape index (κ1) is 40.5. The number of aliphatic carboxylic acids is 1. The molecule has 3 aromatic carbocycles. The van der Waals surface area contributed by atoms with Crippen molar-refractivity contribution in [3.63, 3.8) is 0 Å². The number of likely N-dealkylation sites (tertiary alicyclic amines) is 2. The Hall–Kier alpha value is -4.66. The second-order valence-corrected chi connectivity index (χ2v) is 16.2. The maximum atomic E-state index is 12.1. The van der Waals surface area contributed by atoms with Crippen LogP contribution in [0.15, 0.2) is 67.0 Å². The summed E-state index contributed by atoms with van der Waals surface area (Å²) in [7, 11) is 0. The summed E-state index contributed by atoms with van der Waals surface area (Å²) in [6, 6.07) is 19.4. The van der Waals surface area contributed by atoms with Crippen LogP contribution in [0.1, 0.15) is 71.9 Å². The topological polar surface area (TPSA) is 120 Å². The van der Waals surface area contributed by atoms with E-state index in [2.05, 4.69) is 71.5 Å². The van der Waals surface area contributed by atoms with Crippen molar-refractivity contribution in [3.05, 3.63) is 105 Å². The summed E-state index contributed by atoms with van der Waals surface area (Å²) in [6.45, 7) is 12.2. The molecule has 3 fully saturated rings. The minimum absolute atomic E-state index is 0.166. The molecule has 3 aliphatic rings. The van der Waals surface area contributed by atoms with Crippen molar-refractivity contribution in [1.82, 2.24) is 20.1 Å². The molecule has 2 unspecified atom stereocenters. The standard InChI is InChI=1S/C46H54ClN5O5/c1-31-37(8-5-9-39(31)40-10-6-12-43(32(40)2)55-19-7-16-51-18-14-35-26-49-15-13-36(35)27-51)30-57-45-22-44(56-29-34-20-33(23-48)24-50-25-34)38(21-41(45)47)28-52-17-4-3-11-42(52)46(53)54/h5-6,8-10,12,20-22,24-25,35-36,42,49H,3-4,7,11,13-19,26-30H2,1-2H3,(H,53,54)/t35?,36?,42-/m0/s1. The van der Waals surface area contributed by atoms with Crippen LogP contribution in [0.25, 0.3) is 11.1 Å². The number of nitriles is 1. The zero-order chi connectivity index (χ0) is 39.7. The largest absolute Gasteiger partial charge is 0.493 e. The first-order chi connectivity index (χ1) is 27.8. The lowest BCUT2D eigenvalue weighted by Gasteiger charge is -2.41. The average molecular weight is 792 g/mol. The van der Waals surface area contributed by atoms with Gasteiger partial charge in [-0.1, -0.05) is 48.4 Å². The number of aromatic nitrogens is 1. The summed E-state index contributed by atoms with van der Waals surface area (Å²) in [4.78, 5) is 20.9. The summed E-state index contributed by atoms with van der Waals surface area (Å²) >= 11 is 6.89. The Labute approximate surface area is 341 Å². The van der Waals surface area contributed by atoms with Gasteiger partial charge in [-0.3, -0.25) is 14.7 Å². The van der Waals surface area contributed by atoms with E-state index in [4.69, 9.17) is 25.8 Å². The van der Waals surface area contributed by atoms with Crippen molar-refractivity contribution in [2.24, 2.45) is 11.8 Å². The number of carbonyl (C=O) groups is 1. The lowest BCUT2D eigenvalue weighted by molar-refractivity contribution is -0.144. The van der Waals surface area contributed by atoms with Gasteiger partial charge >= 0.3 is 5.97 Å². The van der Waals surface area contributed by atoms with Crippen molar-refractivity contribution in [3.8, 4) is 34.4 Å². The molecular formula is C46H54ClN5O5. The molecule has 3 atom stereocenters. The quantitative estimate of drug-likeness (QED) is 0.114. The van der Waals surface area contributed by atoms with Crippen LogP contribution in [0.4, 0.5) is 0 Å². The summed E-state index contributed by atoms with van der Waals surface area (Å²) in [5.41, 5.74) is 7.45. The van der Waals surface area contributed by atoms with E-state index in [0.717, 1.165) is 88.9 Å². The Kier molecular flexibility index (Phi) is 13.6. The molecular weight excluding hydrogens is 738 g/mol. The van der Waals surface area contributed by atoms with Crippen LogP contribution < -0.4 is 19.5 Å². The normalized spacial score (nSPS) is 20.0. The lowest BCUT2D eigenvalue weighted by atomic mass is 9.81. The number of rotatable bonds is 15. The van der Waals surface area contributed by atoms with E-state index in [1.165, 1.54) is 38.7 Å². The Balaban J connectivity index is 1.03. The van der Waals surface area contributed by atoms with E-state index in [1.807, 2.05) is 11.0 Å². The molecule has 0 spiro atoms. The van der Waals surface area contributed by atoms with Crippen LogP contribution in [0.5, 0.6) is 17.2 Å². The van der Waals surface area contributed by atoms with Crippen LogP contribution in [0.2, 0.25) is 5.02 Å². The fraction of sp³-hybridized carbons (Fsp3) is 0.457. The van der Waals surface area contributed by atoms with Gasteiger partial charge in [0.15, 0.2) is 0 Å². The van der Waals surface area contributed by atoms with Gasteiger partial charge in [0.05, 0.1) is 17.2 Å². The molecule has 0 aliphatic carbocycles. The number of carboxylic acids is 1. The molecule has 2 N–H and O–H groups in total. The zero-order valence-corrected chi connectivity index (χ0v) is 33.9. The van der Waals surface area contributed by atoms with Crippen LogP contribution >= 0.6 is 11.6 Å². The molecule has 0 radical (unpaired) electrons. The van der Waals surface area contributed by atoms with Crippen LogP contribution in [-0.2, 0) is 24.6 Å². The third-order valence-electron chi connectivity index (χ3n) is 12.1. The number of hydrogen-bond donors (Lipinski definition) is 2. The molecule has 57 heavy (non-hydrogen) atoms. The van der Waals surface area contributed by atoms with Gasteiger partial charge in [0, 0.05) is 49.2 Å². The molecule has 0 bridgehead atoms. The van der Waals surface area contributed by atoms with Gasteiger partial charge in [0.1, 0.15) is 42.6 Å². The highest BCUT2D eigenvalue weighted by Gasteiger charge is 2.31. The Morgan fingerprint density at radius 2 is 1.74 bits per heavy atom. The van der Waals surface area contributed by atoms with E-state index in [9.17, 15) is 15.2 Å². The molecule has 0 amide bonds. The smallest absolute Gasteiger partial charge is 0.320 e. The Morgan fingerprint density at radius 3 is 2.58 bits per heavy atom. The van der Waals surface area contributed by atoms with Crippen molar-refractivity contribution in [2.45, 2.75) is 78.2 Å². The Morgan fingerprint density at radius 1 is 0.912 bits per heavy atom. The highest BCUT2D eigenvalue weighted by atomic mass is 35.5. The van der Waals surface area contributed by atoms with Crippen molar-refractivity contribution >= 4 is 17.6 Å². The molecule has 3 saturated heterocycles. The number of nitrogens with one attached hydrogen (secondary N) is 1. The number of piperidine rings is 3. The van der Waals surface area contributed by atoms with Gasteiger partial charge in [0.25, 0.3) is 0 Å². The number of nitrogens with zero attached hydrogens (tertiary/aromatic N) is 4. The summed E-state index contributed by atoms with van der Waals surface area (Å²) in [5.74, 6) is 2.77. The van der Waals surface area contributed by atoms with E-state index in [1.54, 1.807) is 18.3 Å². The predicted octanol–water partition coefficient (Wildman–Crippen LogP) is 8.19. The maximum absolute atomic E-state index is 12.1. The van der Waals surface area contributed by atoms with Gasteiger partial charge in [-0.2, -0.15) is 5.26 Å². The maximum Gasteiger partial charge on any atom is 0.320 e. The fourth-order valence-electron chi connectivity index (χ4n) is 8.76. The van der Waals surface area contributed by atoms with Gasteiger partial charge in [-0.05, 0) is 130 Å². The van der Waals surface area contributed by atoms with Gasteiger partial charge in [-0.15, -0.1) is 0 Å². The minimum atomic E-state index is -0.826. The minimum Gasteiger partial charge on any atom is -0.493 e. The van der Waals surface area contributed by atoms with Crippen molar-refractivity contribution in [1.29, 1.82) is 5.26 Å². The second kappa shape index (κ2) is 19.2. The van der Waals surface area contributed by atoms with E-state index in [-0.39, 0.29) is 13.2 Å². The number of benzene rings is 3. The molecule has 10 nitrogen and oxygen atoms in total. The van der Waals surface area contributed by atoms with E-state index in [0.29, 0.717) is 48.2 Å². The number of pyridine rings is 1. The average Bonchev–Trinajstić information content (AvgIpc) is 3.23. The number of carboxylic acid groups (broad SMARTS) is 1. The predicted molar refractivity (Wildman–Crippen MR) is 222 cm³/mol. The highest BCUT2D eigenvalue weighted by Crippen LogP contribution is 2.37. The fourth-order valence-corrected chi connectivity index (χ4v) is 9.00. The third-order valence-corrected chi connectivity index (χ3v) is 12.4. The summed E-state index contributed by atoms with van der Waals surface area (Å²) < 4.78 is 19.2. The molecule has 300 valence electrons. The van der Waals surface area contributed by atoms with Crippen LogP contribution in [0.3, 0.4) is 0 Å². The number of hydrogen-bond acceptors (Lipinski definition) is 9. The van der Waals surface area contributed by atoms with Gasteiger partial charge in [0.2, 0.25) is 0 Å². The lowest BCUT2D eigenvalue weighted by Crippen LogP contribution is -2.48. The monoisotopic (exact) mass is 791 g/mol.